The van der Waals surface area contributed by atoms with Gasteiger partial charge in [0.2, 0.25) is 0 Å². The fraction of sp³-hybridized carbons (Fsp3) is 0.583. The molecule has 4 nitrogen and oxygen atoms in total. The summed E-state index contributed by atoms with van der Waals surface area (Å²) in [6.45, 7) is 4.47. The van der Waals surface area contributed by atoms with Crippen LogP contribution in [0.25, 0.3) is 0 Å². The van der Waals surface area contributed by atoms with Gasteiger partial charge < -0.3 is 14.7 Å². The summed E-state index contributed by atoms with van der Waals surface area (Å²) in [5.74, 6) is 0.850. The molecule has 1 rings (SSSR count). The first-order valence-corrected chi connectivity index (χ1v) is 5.42. The highest BCUT2D eigenvalue weighted by molar-refractivity contribution is 5.41. The largest absolute Gasteiger partial charge is 0.389 e. The molecule has 2 atom stereocenters. The van der Waals surface area contributed by atoms with Gasteiger partial charge in [0.1, 0.15) is 5.82 Å². The number of aliphatic hydroxyl groups excluding tert-OH is 1. The lowest BCUT2D eigenvalue weighted by Gasteiger charge is -2.25. The fourth-order valence-corrected chi connectivity index (χ4v) is 1.47. The first-order valence-electron chi connectivity index (χ1n) is 5.42. The molecule has 1 unspecified atom stereocenters. The van der Waals surface area contributed by atoms with E-state index >= 15 is 0 Å². The third-order valence-corrected chi connectivity index (χ3v) is 2.68. The zero-order valence-electron chi connectivity index (χ0n) is 10.3. The Morgan fingerprint density at radius 3 is 2.75 bits per heavy atom. The molecule has 16 heavy (non-hydrogen) atoms. The molecule has 4 heteroatoms. The average molecular weight is 224 g/mol. The number of pyridine rings is 1. The van der Waals surface area contributed by atoms with Crippen LogP contribution >= 0.6 is 0 Å². The van der Waals surface area contributed by atoms with Crippen molar-refractivity contribution in [2.24, 2.45) is 0 Å². The van der Waals surface area contributed by atoms with Crippen molar-refractivity contribution in [3.63, 3.8) is 0 Å². The zero-order valence-corrected chi connectivity index (χ0v) is 10.3. The van der Waals surface area contributed by atoms with E-state index in [0.717, 1.165) is 11.4 Å². The number of aliphatic hydroxyl groups is 1. The summed E-state index contributed by atoms with van der Waals surface area (Å²) in [4.78, 5) is 6.32. The van der Waals surface area contributed by atoms with Crippen LogP contribution in [-0.4, -0.2) is 36.9 Å². The van der Waals surface area contributed by atoms with Gasteiger partial charge in [0.25, 0.3) is 0 Å². The van der Waals surface area contributed by atoms with Crippen LogP contribution in [0, 0.1) is 0 Å². The summed E-state index contributed by atoms with van der Waals surface area (Å²) in [7, 11) is 3.65. The second-order valence-electron chi connectivity index (χ2n) is 4.04. The summed E-state index contributed by atoms with van der Waals surface area (Å²) >= 11 is 0. The summed E-state index contributed by atoms with van der Waals surface area (Å²) in [5.41, 5.74) is 0.876. The van der Waals surface area contributed by atoms with Gasteiger partial charge in [0.05, 0.1) is 18.8 Å². The van der Waals surface area contributed by atoms with E-state index in [1.165, 1.54) is 0 Å². The Kier molecular flexibility index (Phi) is 4.71. The monoisotopic (exact) mass is 224 g/mol. The second kappa shape index (κ2) is 5.82. The molecule has 0 spiro atoms. The van der Waals surface area contributed by atoms with Crippen LogP contribution in [-0.2, 0) is 4.74 Å². The van der Waals surface area contributed by atoms with Crippen molar-refractivity contribution in [1.82, 2.24) is 4.98 Å². The first kappa shape index (κ1) is 12.9. The molecule has 0 radical (unpaired) electrons. The molecule has 1 aromatic heterocycles. The molecule has 90 valence electrons. The average Bonchev–Trinajstić information content (AvgIpc) is 2.28. The Labute approximate surface area is 96.9 Å². The Balaban J connectivity index is 2.82. The first-order chi connectivity index (χ1) is 7.56. The molecule has 0 aliphatic carbocycles. The van der Waals surface area contributed by atoms with Crippen molar-refractivity contribution in [2.45, 2.75) is 26.0 Å². The highest BCUT2D eigenvalue weighted by Gasteiger charge is 2.12. The number of rotatable bonds is 5. The van der Waals surface area contributed by atoms with Gasteiger partial charge in [-0.2, -0.15) is 0 Å². The number of likely N-dealkylation sites (N-methyl/N-ethyl adjacent to an activating group) is 1. The quantitative estimate of drug-likeness (QED) is 0.825. The zero-order chi connectivity index (χ0) is 12.1. The normalized spacial score (nSPS) is 14.6. The molecule has 1 N–H and O–H groups in total. The molecule has 0 aromatic carbocycles. The Hall–Kier alpha value is -1.13. The molecule has 1 heterocycles. The minimum Gasteiger partial charge on any atom is -0.389 e. The third kappa shape index (κ3) is 3.18. The Morgan fingerprint density at radius 1 is 1.50 bits per heavy atom. The molecule has 0 saturated heterocycles. The van der Waals surface area contributed by atoms with E-state index in [1.807, 2.05) is 24.1 Å². The molecular weight excluding hydrogens is 204 g/mol. The highest BCUT2D eigenvalue weighted by Crippen LogP contribution is 2.18. The SMILES string of the molecule is COCC(C)N(C)c1cc([C@@H](C)O)ccn1. The Bertz CT molecular complexity index is 329. The molecule has 1 aromatic rings. The maximum atomic E-state index is 9.50. The topological polar surface area (TPSA) is 45.6 Å². The van der Waals surface area contributed by atoms with Gasteiger partial charge in [-0.25, -0.2) is 4.98 Å². The van der Waals surface area contributed by atoms with Crippen molar-refractivity contribution in [3.8, 4) is 0 Å². The van der Waals surface area contributed by atoms with E-state index in [1.54, 1.807) is 20.2 Å². The number of hydrogen-bond acceptors (Lipinski definition) is 4. The van der Waals surface area contributed by atoms with Gasteiger partial charge in [0.15, 0.2) is 0 Å². The van der Waals surface area contributed by atoms with Crippen LogP contribution in [0.5, 0.6) is 0 Å². The van der Waals surface area contributed by atoms with E-state index in [9.17, 15) is 5.11 Å². The molecule has 0 amide bonds. The van der Waals surface area contributed by atoms with Crippen LogP contribution in [0.1, 0.15) is 25.5 Å². The molecule has 0 fully saturated rings. The highest BCUT2D eigenvalue weighted by atomic mass is 16.5. The number of hydrogen-bond donors (Lipinski definition) is 1. The fourth-order valence-electron chi connectivity index (χ4n) is 1.47. The minimum absolute atomic E-state index is 0.252. The number of ether oxygens (including phenoxy) is 1. The molecule has 0 saturated carbocycles. The predicted octanol–water partition coefficient (Wildman–Crippen LogP) is 1.61. The van der Waals surface area contributed by atoms with E-state index in [4.69, 9.17) is 4.74 Å². The maximum Gasteiger partial charge on any atom is 0.128 e. The van der Waals surface area contributed by atoms with Crippen LogP contribution in [0.4, 0.5) is 5.82 Å². The maximum absolute atomic E-state index is 9.50. The van der Waals surface area contributed by atoms with E-state index < -0.39 is 6.10 Å². The van der Waals surface area contributed by atoms with Crippen molar-refractivity contribution < 1.29 is 9.84 Å². The van der Waals surface area contributed by atoms with E-state index in [-0.39, 0.29) is 6.04 Å². The Morgan fingerprint density at radius 2 is 2.19 bits per heavy atom. The summed E-state index contributed by atoms with van der Waals surface area (Å²) in [6.07, 6.45) is 1.25. The van der Waals surface area contributed by atoms with Crippen molar-refractivity contribution in [2.75, 3.05) is 25.7 Å². The van der Waals surface area contributed by atoms with Crippen LogP contribution in [0.2, 0.25) is 0 Å². The van der Waals surface area contributed by atoms with E-state index in [0.29, 0.717) is 6.61 Å². The molecule has 0 aliphatic heterocycles. The standard InChI is InChI=1S/C12H20N2O2/c1-9(8-16-4)14(3)12-7-11(10(2)15)5-6-13-12/h5-7,9-10,15H,8H2,1-4H3/t9?,10-/m1/s1. The number of nitrogens with zero attached hydrogens (tertiary/aromatic N) is 2. The lowest BCUT2D eigenvalue weighted by molar-refractivity contribution is 0.183. The summed E-state index contributed by atoms with van der Waals surface area (Å²) < 4.78 is 5.11. The van der Waals surface area contributed by atoms with Gasteiger partial charge in [-0.3, -0.25) is 0 Å². The summed E-state index contributed by atoms with van der Waals surface area (Å²) in [5, 5.41) is 9.50. The van der Waals surface area contributed by atoms with Crippen molar-refractivity contribution >= 4 is 5.82 Å². The summed E-state index contributed by atoms with van der Waals surface area (Å²) in [6, 6.07) is 3.97. The van der Waals surface area contributed by atoms with E-state index in [2.05, 4.69) is 11.9 Å². The van der Waals surface area contributed by atoms with Gasteiger partial charge in [-0.15, -0.1) is 0 Å². The number of anilines is 1. The molecular formula is C12H20N2O2. The van der Waals surface area contributed by atoms with Crippen LogP contribution < -0.4 is 4.90 Å². The molecule has 0 aliphatic rings. The molecule has 0 bridgehead atoms. The third-order valence-electron chi connectivity index (χ3n) is 2.68. The van der Waals surface area contributed by atoms with Gasteiger partial charge >= 0.3 is 0 Å². The van der Waals surface area contributed by atoms with Crippen LogP contribution in [0.3, 0.4) is 0 Å². The lowest BCUT2D eigenvalue weighted by Crippen LogP contribution is -2.33. The second-order valence-corrected chi connectivity index (χ2v) is 4.04. The van der Waals surface area contributed by atoms with Gasteiger partial charge in [0, 0.05) is 20.4 Å². The van der Waals surface area contributed by atoms with Gasteiger partial charge in [-0.05, 0) is 31.5 Å². The van der Waals surface area contributed by atoms with Crippen molar-refractivity contribution in [1.29, 1.82) is 0 Å². The van der Waals surface area contributed by atoms with Gasteiger partial charge in [-0.1, -0.05) is 0 Å². The number of aromatic nitrogens is 1. The van der Waals surface area contributed by atoms with Crippen molar-refractivity contribution in [3.05, 3.63) is 23.9 Å². The van der Waals surface area contributed by atoms with Crippen LogP contribution in [0.15, 0.2) is 18.3 Å². The number of methoxy groups -OCH3 is 1. The minimum atomic E-state index is -0.465. The predicted molar refractivity (Wildman–Crippen MR) is 64.6 cm³/mol. The smallest absolute Gasteiger partial charge is 0.128 e. The lowest BCUT2D eigenvalue weighted by atomic mass is 10.1.